The number of nitrogens with one attached hydrogen (secondary N) is 2. The van der Waals surface area contributed by atoms with Crippen LogP contribution in [0, 0.1) is 18.6 Å². The first kappa shape index (κ1) is 19.3. The van der Waals surface area contributed by atoms with Crippen LogP contribution in [0.3, 0.4) is 0 Å². The zero-order chi connectivity index (χ0) is 19.4. The van der Waals surface area contributed by atoms with Crippen LogP contribution in [-0.2, 0) is 13.2 Å². The number of aromatic amines is 1. The molecule has 0 unspecified atom stereocenters. The average Bonchev–Trinajstić information content (AvgIpc) is 2.97. The minimum Gasteiger partial charge on any atom is -0.493 e. The van der Waals surface area contributed by atoms with Gasteiger partial charge in [0.15, 0.2) is 11.5 Å². The third-order valence-electron chi connectivity index (χ3n) is 4.08. The van der Waals surface area contributed by atoms with E-state index in [-0.39, 0.29) is 0 Å². The summed E-state index contributed by atoms with van der Waals surface area (Å²) in [5.74, 6) is 1.96. The predicted molar refractivity (Wildman–Crippen MR) is 109 cm³/mol. The summed E-state index contributed by atoms with van der Waals surface area (Å²) in [5.41, 5.74) is 6.33. The van der Waals surface area contributed by atoms with Crippen LogP contribution in [0.25, 0.3) is 0 Å². The van der Waals surface area contributed by atoms with Crippen molar-refractivity contribution in [1.29, 1.82) is 0 Å². The van der Waals surface area contributed by atoms with Gasteiger partial charge in [-0.05, 0) is 43.3 Å². The van der Waals surface area contributed by atoms with Crippen LogP contribution in [0.15, 0.2) is 36.4 Å². The highest BCUT2D eigenvalue weighted by Crippen LogP contribution is 2.34. The van der Waals surface area contributed by atoms with E-state index in [1.165, 1.54) is 5.56 Å². The molecule has 0 aliphatic heterocycles. The first-order valence-electron chi connectivity index (χ1n) is 8.40. The molecule has 3 aromatic rings. The lowest BCUT2D eigenvalue weighted by Gasteiger charge is -2.15. The summed E-state index contributed by atoms with van der Waals surface area (Å²) < 4.78 is 13.6. The first-order chi connectivity index (χ1) is 13.0. The van der Waals surface area contributed by atoms with Gasteiger partial charge in [-0.2, -0.15) is 5.10 Å². The number of benzene rings is 2. The maximum atomic E-state index is 6.45. The summed E-state index contributed by atoms with van der Waals surface area (Å²) in [5, 5.41) is 7.37. The molecule has 27 heavy (non-hydrogen) atoms. The van der Waals surface area contributed by atoms with E-state index in [1.54, 1.807) is 17.9 Å². The van der Waals surface area contributed by atoms with Crippen LogP contribution in [0.4, 0.5) is 0 Å². The number of nitrogens with zero attached hydrogens (tertiary/aromatic N) is 2. The van der Waals surface area contributed by atoms with Crippen LogP contribution in [-0.4, -0.2) is 22.0 Å². The van der Waals surface area contributed by atoms with Crippen molar-refractivity contribution in [2.75, 3.05) is 12.5 Å². The highest BCUT2D eigenvalue weighted by atomic mass is 35.5. The van der Waals surface area contributed by atoms with Crippen molar-refractivity contribution in [3.8, 4) is 11.5 Å². The summed E-state index contributed by atoms with van der Waals surface area (Å²) in [7, 11) is 1.61. The molecule has 2 N–H and O–H groups in total. The SMILES string of the molecule is COc1cc(CNn2c(C)n[nH]c2=S)c(Cl)cc1OCc1cccc(C)c1. The molecule has 0 radical (unpaired) electrons. The van der Waals surface area contributed by atoms with Crippen LogP contribution in [0.5, 0.6) is 11.5 Å². The average molecular weight is 405 g/mol. The van der Waals surface area contributed by atoms with E-state index in [0.29, 0.717) is 34.4 Å². The zero-order valence-corrected chi connectivity index (χ0v) is 16.9. The lowest BCUT2D eigenvalue weighted by molar-refractivity contribution is 0.284. The second-order valence-corrected chi connectivity index (χ2v) is 6.91. The van der Waals surface area contributed by atoms with Gasteiger partial charge in [0.05, 0.1) is 13.7 Å². The standard InChI is InChI=1S/C19H21ClN4O2S/c1-12-5-4-6-14(7-12)11-26-18-9-16(20)15(8-17(18)25-3)10-21-24-13(2)22-23-19(24)27/h4-9,21H,10-11H2,1-3H3,(H,23,27). The molecule has 0 atom stereocenters. The van der Waals surface area contributed by atoms with Crippen LogP contribution in [0.2, 0.25) is 5.02 Å². The number of halogens is 1. The van der Waals surface area contributed by atoms with Gasteiger partial charge >= 0.3 is 0 Å². The number of rotatable bonds is 7. The highest BCUT2D eigenvalue weighted by Gasteiger charge is 2.12. The molecule has 142 valence electrons. The maximum absolute atomic E-state index is 6.45. The molecule has 3 rings (SSSR count). The van der Waals surface area contributed by atoms with Crippen molar-refractivity contribution in [3.63, 3.8) is 0 Å². The topological polar surface area (TPSA) is 64.1 Å². The third kappa shape index (κ3) is 4.61. The molecule has 0 aliphatic rings. The molecule has 8 heteroatoms. The Hall–Kier alpha value is -2.51. The minimum absolute atomic E-state index is 0.440. The molecular weight excluding hydrogens is 384 g/mol. The quantitative estimate of drug-likeness (QED) is 0.566. The van der Waals surface area contributed by atoms with Gasteiger partial charge in [-0.25, -0.2) is 4.68 Å². The van der Waals surface area contributed by atoms with E-state index < -0.39 is 0 Å². The van der Waals surface area contributed by atoms with Gasteiger partial charge in [0, 0.05) is 11.1 Å². The lowest BCUT2D eigenvalue weighted by Crippen LogP contribution is -2.16. The van der Waals surface area contributed by atoms with E-state index in [1.807, 2.05) is 25.1 Å². The lowest BCUT2D eigenvalue weighted by atomic mass is 10.1. The molecular formula is C19H21ClN4O2S. The molecule has 1 aromatic heterocycles. The Kier molecular flexibility index (Phi) is 6.03. The molecule has 0 aliphatic carbocycles. The van der Waals surface area contributed by atoms with Crippen molar-refractivity contribution in [3.05, 3.63) is 68.7 Å². The molecule has 0 amide bonds. The van der Waals surface area contributed by atoms with Gasteiger partial charge in [-0.3, -0.25) is 5.10 Å². The molecule has 0 saturated carbocycles. The summed E-state index contributed by atoms with van der Waals surface area (Å²) in [6, 6.07) is 11.8. The predicted octanol–water partition coefficient (Wildman–Crippen LogP) is 4.54. The number of aromatic nitrogens is 3. The second kappa shape index (κ2) is 8.45. The smallest absolute Gasteiger partial charge is 0.214 e. The van der Waals surface area contributed by atoms with Crippen LogP contribution >= 0.6 is 23.8 Å². The maximum Gasteiger partial charge on any atom is 0.214 e. The Morgan fingerprint density at radius 1 is 1.22 bits per heavy atom. The highest BCUT2D eigenvalue weighted by molar-refractivity contribution is 7.71. The van der Waals surface area contributed by atoms with Gasteiger partial charge in [0.1, 0.15) is 12.4 Å². The van der Waals surface area contributed by atoms with Gasteiger partial charge < -0.3 is 14.9 Å². The third-order valence-corrected chi connectivity index (χ3v) is 4.70. The number of H-pyrrole nitrogens is 1. The van der Waals surface area contributed by atoms with Gasteiger partial charge in [0.2, 0.25) is 4.77 Å². The molecule has 0 saturated heterocycles. The Bertz CT molecular complexity index is 1000. The second-order valence-electron chi connectivity index (χ2n) is 6.12. The Labute approximate surface area is 168 Å². The minimum atomic E-state index is 0.440. The molecule has 0 spiro atoms. The largest absolute Gasteiger partial charge is 0.493 e. The number of ether oxygens (including phenoxy) is 2. The van der Waals surface area contributed by atoms with Crippen molar-refractivity contribution >= 4 is 23.8 Å². The molecule has 6 nitrogen and oxygen atoms in total. The molecule has 2 aromatic carbocycles. The number of hydrogen-bond donors (Lipinski definition) is 2. The summed E-state index contributed by atoms with van der Waals surface area (Å²) >= 11 is 11.6. The summed E-state index contributed by atoms with van der Waals surface area (Å²) in [4.78, 5) is 0. The van der Waals surface area contributed by atoms with Crippen LogP contribution in [0.1, 0.15) is 22.5 Å². The fourth-order valence-corrected chi connectivity index (χ4v) is 3.14. The zero-order valence-electron chi connectivity index (χ0n) is 15.4. The van der Waals surface area contributed by atoms with E-state index >= 15 is 0 Å². The molecule has 1 heterocycles. The number of methoxy groups -OCH3 is 1. The van der Waals surface area contributed by atoms with Gasteiger partial charge in [0.25, 0.3) is 0 Å². The Morgan fingerprint density at radius 3 is 2.70 bits per heavy atom. The monoisotopic (exact) mass is 404 g/mol. The van der Waals surface area contributed by atoms with E-state index in [2.05, 4.69) is 34.7 Å². The van der Waals surface area contributed by atoms with E-state index in [0.717, 1.165) is 17.0 Å². The van der Waals surface area contributed by atoms with Gasteiger partial charge in [-0.1, -0.05) is 41.4 Å². The Balaban J connectivity index is 1.75. The summed E-state index contributed by atoms with van der Waals surface area (Å²) in [6.07, 6.45) is 0. The number of aryl methyl sites for hydroxylation is 2. The first-order valence-corrected chi connectivity index (χ1v) is 9.19. The normalized spacial score (nSPS) is 10.7. The fraction of sp³-hybridized carbons (Fsp3) is 0.263. The van der Waals surface area contributed by atoms with Crippen LogP contribution < -0.4 is 14.9 Å². The van der Waals surface area contributed by atoms with Crippen molar-refractivity contribution in [2.45, 2.75) is 27.0 Å². The van der Waals surface area contributed by atoms with Crippen molar-refractivity contribution in [1.82, 2.24) is 14.9 Å². The van der Waals surface area contributed by atoms with E-state index in [9.17, 15) is 0 Å². The Morgan fingerprint density at radius 2 is 2.04 bits per heavy atom. The molecule has 0 bridgehead atoms. The van der Waals surface area contributed by atoms with Gasteiger partial charge in [-0.15, -0.1) is 0 Å². The fourth-order valence-electron chi connectivity index (χ4n) is 2.67. The van der Waals surface area contributed by atoms with Crippen molar-refractivity contribution in [2.24, 2.45) is 0 Å². The molecule has 0 fully saturated rings. The number of hydrogen-bond acceptors (Lipinski definition) is 5. The van der Waals surface area contributed by atoms with E-state index in [4.69, 9.17) is 33.3 Å². The summed E-state index contributed by atoms with van der Waals surface area (Å²) in [6.45, 7) is 4.80. The van der Waals surface area contributed by atoms with Crippen molar-refractivity contribution < 1.29 is 9.47 Å².